The van der Waals surface area contributed by atoms with Gasteiger partial charge in [-0.3, -0.25) is 4.68 Å². The quantitative estimate of drug-likeness (QED) is 0.798. The minimum absolute atomic E-state index is 0.344. The van der Waals surface area contributed by atoms with E-state index in [-0.39, 0.29) is 6.10 Å². The van der Waals surface area contributed by atoms with Crippen molar-refractivity contribution in [2.24, 2.45) is 17.8 Å². The first-order valence-electron chi connectivity index (χ1n) is 7.17. The lowest BCUT2D eigenvalue weighted by molar-refractivity contribution is 0.143. The van der Waals surface area contributed by atoms with Crippen molar-refractivity contribution >= 4 is 0 Å². The summed E-state index contributed by atoms with van der Waals surface area (Å²) in [7, 11) is 0. The number of fused-ring (bicyclic) bond motifs is 2. The maximum atomic E-state index is 9.90. The summed E-state index contributed by atoms with van der Waals surface area (Å²) in [5.74, 6) is 2.84. The fourth-order valence-electron chi connectivity index (χ4n) is 3.75. The van der Waals surface area contributed by atoms with Crippen molar-refractivity contribution in [1.29, 1.82) is 0 Å². The average Bonchev–Trinajstić information content (AvgIpc) is 3.04. The van der Waals surface area contributed by atoms with E-state index >= 15 is 0 Å². The molecule has 4 nitrogen and oxygen atoms in total. The molecule has 0 spiro atoms. The molecule has 2 bridgehead atoms. The highest BCUT2D eigenvalue weighted by molar-refractivity contribution is 4.90. The van der Waals surface area contributed by atoms with Crippen LogP contribution in [0.5, 0.6) is 0 Å². The average molecular weight is 249 g/mol. The molecule has 4 unspecified atom stereocenters. The van der Waals surface area contributed by atoms with E-state index in [1.807, 2.05) is 12.3 Å². The number of aliphatic hydroxyl groups is 1. The summed E-state index contributed by atoms with van der Waals surface area (Å²) < 4.78 is 1.78. The summed E-state index contributed by atoms with van der Waals surface area (Å²) in [5, 5.41) is 17.4. The fraction of sp³-hybridized carbons (Fsp3) is 0.786. The number of aliphatic hydroxyl groups excluding tert-OH is 1. The first-order chi connectivity index (χ1) is 8.81. The number of nitrogens with zero attached hydrogens (tertiary/aromatic N) is 2. The third kappa shape index (κ3) is 2.75. The van der Waals surface area contributed by atoms with Gasteiger partial charge in [-0.15, -0.1) is 0 Å². The Morgan fingerprint density at radius 1 is 1.39 bits per heavy atom. The van der Waals surface area contributed by atoms with Gasteiger partial charge in [-0.25, -0.2) is 0 Å². The van der Waals surface area contributed by atoms with Gasteiger partial charge in [0.05, 0.1) is 12.6 Å². The molecule has 1 aromatic rings. The molecule has 2 saturated carbocycles. The molecular weight excluding hydrogens is 226 g/mol. The molecule has 4 atom stereocenters. The Morgan fingerprint density at radius 3 is 3.00 bits per heavy atom. The van der Waals surface area contributed by atoms with Crippen molar-refractivity contribution in [3.05, 3.63) is 18.5 Å². The largest absolute Gasteiger partial charge is 0.390 e. The van der Waals surface area contributed by atoms with E-state index in [1.165, 1.54) is 25.7 Å². The summed E-state index contributed by atoms with van der Waals surface area (Å²) in [6, 6.07) is 1.88. The topological polar surface area (TPSA) is 50.1 Å². The molecule has 2 N–H and O–H groups in total. The number of hydrogen-bond acceptors (Lipinski definition) is 3. The Morgan fingerprint density at radius 2 is 2.33 bits per heavy atom. The number of rotatable bonds is 6. The molecule has 0 amide bonds. The normalized spacial score (nSPS) is 31.9. The Balaban J connectivity index is 1.34. The summed E-state index contributed by atoms with van der Waals surface area (Å²) in [6.45, 7) is 2.34. The van der Waals surface area contributed by atoms with Crippen LogP contribution in [0, 0.1) is 17.8 Å². The monoisotopic (exact) mass is 249 g/mol. The van der Waals surface area contributed by atoms with Crippen LogP contribution in [-0.2, 0) is 6.54 Å². The lowest BCUT2D eigenvalue weighted by Gasteiger charge is -2.22. The summed E-state index contributed by atoms with van der Waals surface area (Å²) in [5.41, 5.74) is 0. The molecule has 3 rings (SSSR count). The molecule has 18 heavy (non-hydrogen) atoms. The minimum Gasteiger partial charge on any atom is -0.390 e. The van der Waals surface area contributed by atoms with Gasteiger partial charge in [0, 0.05) is 18.9 Å². The van der Waals surface area contributed by atoms with Crippen molar-refractivity contribution in [1.82, 2.24) is 15.1 Å². The first-order valence-corrected chi connectivity index (χ1v) is 7.17. The van der Waals surface area contributed by atoms with Crippen molar-refractivity contribution < 1.29 is 5.11 Å². The van der Waals surface area contributed by atoms with Gasteiger partial charge in [0.2, 0.25) is 0 Å². The van der Waals surface area contributed by atoms with Crippen LogP contribution in [0.4, 0.5) is 0 Å². The molecule has 0 aliphatic heterocycles. The third-order valence-electron chi connectivity index (χ3n) is 4.63. The third-order valence-corrected chi connectivity index (χ3v) is 4.63. The van der Waals surface area contributed by atoms with E-state index in [0.29, 0.717) is 13.1 Å². The minimum atomic E-state index is -0.344. The van der Waals surface area contributed by atoms with Crippen molar-refractivity contribution in [3.8, 4) is 0 Å². The van der Waals surface area contributed by atoms with Crippen LogP contribution in [-0.4, -0.2) is 34.1 Å². The van der Waals surface area contributed by atoms with Gasteiger partial charge in [0.25, 0.3) is 0 Å². The van der Waals surface area contributed by atoms with E-state index in [2.05, 4.69) is 10.4 Å². The van der Waals surface area contributed by atoms with Gasteiger partial charge in [0.1, 0.15) is 0 Å². The molecule has 2 aliphatic rings. The van der Waals surface area contributed by atoms with Gasteiger partial charge in [-0.05, 0) is 49.6 Å². The molecule has 1 heterocycles. The van der Waals surface area contributed by atoms with Gasteiger partial charge in [-0.2, -0.15) is 5.10 Å². The zero-order chi connectivity index (χ0) is 12.4. The maximum absolute atomic E-state index is 9.90. The summed E-state index contributed by atoms with van der Waals surface area (Å²) in [4.78, 5) is 0. The van der Waals surface area contributed by atoms with Crippen LogP contribution >= 0.6 is 0 Å². The lowest BCUT2D eigenvalue weighted by Crippen LogP contribution is -2.34. The maximum Gasteiger partial charge on any atom is 0.0860 e. The van der Waals surface area contributed by atoms with E-state index < -0.39 is 0 Å². The molecule has 0 aromatic carbocycles. The van der Waals surface area contributed by atoms with Crippen molar-refractivity contribution in [3.63, 3.8) is 0 Å². The van der Waals surface area contributed by atoms with Crippen LogP contribution in [0.3, 0.4) is 0 Å². The highest BCUT2D eigenvalue weighted by Crippen LogP contribution is 2.47. The van der Waals surface area contributed by atoms with Crippen molar-refractivity contribution in [2.45, 2.75) is 38.3 Å². The van der Waals surface area contributed by atoms with Crippen LogP contribution in [0.15, 0.2) is 18.5 Å². The van der Waals surface area contributed by atoms with E-state index in [1.54, 1.807) is 10.9 Å². The smallest absolute Gasteiger partial charge is 0.0860 e. The SMILES string of the molecule is OC(CNCC1CC2CCC1C2)Cn1cccn1. The van der Waals surface area contributed by atoms with Crippen LogP contribution in [0.25, 0.3) is 0 Å². The van der Waals surface area contributed by atoms with Gasteiger partial charge in [-0.1, -0.05) is 6.42 Å². The molecule has 2 aliphatic carbocycles. The number of aromatic nitrogens is 2. The molecular formula is C14H23N3O. The summed E-state index contributed by atoms with van der Waals surface area (Å²) in [6.07, 6.45) is 9.06. The second-order valence-electron chi connectivity index (χ2n) is 5.98. The van der Waals surface area contributed by atoms with E-state index in [9.17, 15) is 5.11 Å². The van der Waals surface area contributed by atoms with Crippen LogP contribution < -0.4 is 5.32 Å². The molecule has 0 saturated heterocycles. The lowest BCUT2D eigenvalue weighted by atomic mass is 9.89. The molecule has 0 radical (unpaired) electrons. The predicted molar refractivity (Wildman–Crippen MR) is 70.0 cm³/mol. The van der Waals surface area contributed by atoms with Gasteiger partial charge >= 0.3 is 0 Å². The number of hydrogen-bond donors (Lipinski definition) is 2. The van der Waals surface area contributed by atoms with E-state index in [4.69, 9.17) is 0 Å². The summed E-state index contributed by atoms with van der Waals surface area (Å²) >= 11 is 0. The Hall–Kier alpha value is -0.870. The Kier molecular flexibility index (Phi) is 3.66. The van der Waals surface area contributed by atoms with E-state index in [0.717, 1.165) is 24.3 Å². The zero-order valence-electron chi connectivity index (χ0n) is 10.8. The second kappa shape index (κ2) is 5.41. The van der Waals surface area contributed by atoms with Crippen LogP contribution in [0.2, 0.25) is 0 Å². The second-order valence-corrected chi connectivity index (χ2v) is 5.98. The standard InChI is InChI=1S/C14H23N3O/c18-14(10-17-5-1-4-16-17)9-15-8-13-7-11-2-3-12(13)6-11/h1,4-5,11-15,18H,2-3,6-10H2. The Bertz CT molecular complexity index is 365. The Labute approximate surface area is 108 Å². The van der Waals surface area contributed by atoms with Gasteiger partial charge in [0.15, 0.2) is 0 Å². The molecule has 2 fully saturated rings. The predicted octanol–water partition coefficient (Wildman–Crippen LogP) is 1.27. The fourth-order valence-corrected chi connectivity index (χ4v) is 3.75. The van der Waals surface area contributed by atoms with Gasteiger partial charge < -0.3 is 10.4 Å². The van der Waals surface area contributed by atoms with Crippen LogP contribution in [0.1, 0.15) is 25.7 Å². The first kappa shape index (κ1) is 12.2. The highest BCUT2D eigenvalue weighted by atomic mass is 16.3. The highest BCUT2D eigenvalue weighted by Gasteiger charge is 2.38. The molecule has 100 valence electrons. The zero-order valence-corrected chi connectivity index (χ0v) is 10.8. The molecule has 1 aromatic heterocycles. The molecule has 4 heteroatoms. The number of nitrogens with one attached hydrogen (secondary N) is 1. The van der Waals surface area contributed by atoms with Crippen molar-refractivity contribution in [2.75, 3.05) is 13.1 Å².